The van der Waals surface area contributed by atoms with Gasteiger partial charge in [-0.1, -0.05) is 0 Å². The number of hydrogen-bond acceptors (Lipinski definition) is 4. The van der Waals surface area contributed by atoms with Gasteiger partial charge in [0.2, 0.25) is 10.7 Å². The number of primary amides is 1. The number of nitrogens with one attached hydrogen (secondary N) is 2. The Balaban J connectivity index is 1.59. The van der Waals surface area contributed by atoms with Gasteiger partial charge >= 0.3 is 0 Å². The third-order valence-corrected chi connectivity index (χ3v) is 5.12. The Morgan fingerprint density at radius 2 is 2.04 bits per heavy atom. The van der Waals surface area contributed by atoms with Crippen LogP contribution in [0.1, 0.15) is 12.2 Å². The number of carbonyl (C=O) groups excluding carboxylic acids is 1. The van der Waals surface area contributed by atoms with Crippen molar-refractivity contribution >= 4 is 23.8 Å². The normalized spacial score (nSPS) is 15.5. The zero-order valence-corrected chi connectivity index (χ0v) is 15.3. The van der Waals surface area contributed by atoms with Crippen LogP contribution in [0.2, 0.25) is 0 Å². The average molecular weight is 363 g/mol. The fraction of sp³-hybridized carbons (Fsp3) is 0.500. The number of nitrogens with two attached hydrogens (primary N) is 1. The van der Waals surface area contributed by atoms with E-state index in [0.29, 0.717) is 17.6 Å². The van der Waals surface area contributed by atoms with Crippen molar-refractivity contribution in [3.63, 3.8) is 0 Å². The summed E-state index contributed by atoms with van der Waals surface area (Å²) in [7, 11) is 1.89. The summed E-state index contributed by atoms with van der Waals surface area (Å²) < 4.78 is 4.43. The van der Waals surface area contributed by atoms with Crippen molar-refractivity contribution in [1.29, 1.82) is 0 Å². The van der Waals surface area contributed by atoms with Gasteiger partial charge in [0.1, 0.15) is 5.82 Å². The molecule has 0 radical (unpaired) electrons. The molecule has 1 fully saturated rings. The average Bonchev–Trinajstić information content (AvgIpc) is 2.89. The van der Waals surface area contributed by atoms with Gasteiger partial charge in [0.25, 0.3) is 0 Å². The Morgan fingerprint density at radius 1 is 1.36 bits per heavy atom. The first-order chi connectivity index (χ1) is 12.0. The quantitative estimate of drug-likeness (QED) is 0.615. The van der Waals surface area contributed by atoms with E-state index in [4.69, 9.17) is 18.0 Å². The van der Waals surface area contributed by atoms with Crippen LogP contribution in [0.25, 0.3) is 0 Å². The molecule has 2 aromatic rings. The van der Waals surface area contributed by atoms with Crippen molar-refractivity contribution < 1.29 is 14.7 Å². The van der Waals surface area contributed by atoms with Gasteiger partial charge in [-0.3, -0.25) is 4.79 Å². The van der Waals surface area contributed by atoms with Crippen LogP contribution in [0, 0.1) is 4.77 Å². The fourth-order valence-electron chi connectivity index (χ4n) is 3.13. The van der Waals surface area contributed by atoms with Crippen molar-refractivity contribution in [1.82, 2.24) is 14.3 Å². The molecule has 0 bridgehead atoms. The molecule has 1 saturated heterocycles. The maximum atomic E-state index is 11.0. The summed E-state index contributed by atoms with van der Waals surface area (Å²) in [6, 6.07) is 4.20. The number of rotatable bonds is 6. The number of carbonyl (C=O) groups is 1. The smallest absolute Gasteiger partial charge is 0.217 e. The fourth-order valence-corrected chi connectivity index (χ4v) is 3.34. The van der Waals surface area contributed by atoms with E-state index in [0.717, 1.165) is 38.7 Å². The molecular formula is C16H25N7OS+2. The molecule has 8 nitrogen and oxygen atoms in total. The third-order valence-electron chi connectivity index (χ3n) is 4.64. The number of quaternary nitrogens is 1. The van der Waals surface area contributed by atoms with Crippen molar-refractivity contribution in [2.24, 2.45) is 12.8 Å². The minimum atomic E-state index is -0.319. The summed E-state index contributed by atoms with van der Waals surface area (Å²) in [4.78, 5) is 17.9. The number of aromatic nitrogens is 4. The van der Waals surface area contributed by atoms with Crippen LogP contribution in [0.3, 0.4) is 0 Å². The molecule has 1 aliphatic rings. The highest BCUT2D eigenvalue weighted by Crippen LogP contribution is 2.10. The van der Waals surface area contributed by atoms with Crippen molar-refractivity contribution in [3.05, 3.63) is 35.1 Å². The summed E-state index contributed by atoms with van der Waals surface area (Å²) >= 11 is 5.48. The first-order valence-electron chi connectivity index (χ1n) is 8.50. The number of nitrogens with zero attached hydrogens (tertiary/aromatic N) is 4. The summed E-state index contributed by atoms with van der Waals surface area (Å²) in [5.74, 6) is 0.489. The van der Waals surface area contributed by atoms with Gasteiger partial charge in [0.15, 0.2) is 19.1 Å². The molecule has 0 atom stereocenters. The molecule has 4 N–H and O–H groups in total. The summed E-state index contributed by atoms with van der Waals surface area (Å²) in [6.07, 6.45) is 4.72. The van der Waals surface area contributed by atoms with Crippen LogP contribution in [-0.2, 0) is 24.9 Å². The lowest BCUT2D eigenvalue weighted by Gasteiger charge is -2.33. The summed E-state index contributed by atoms with van der Waals surface area (Å²) in [5.41, 5.74) is 6.48. The third kappa shape index (κ3) is 4.23. The number of piperazine rings is 1. The van der Waals surface area contributed by atoms with E-state index in [1.165, 1.54) is 10.6 Å². The van der Waals surface area contributed by atoms with E-state index in [-0.39, 0.29) is 5.91 Å². The van der Waals surface area contributed by atoms with E-state index in [2.05, 4.69) is 27.1 Å². The van der Waals surface area contributed by atoms with Crippen molar-refractivity contribution in [2.75, 3.05) is 31.1 Å². The molecule has 0 aromatic carbocycles. The van der Waals surface area contributed by atoms with Gasteiger partial charge in [0.05, 0.1) is 26.2 Å². The van der Waals surface area contributed by atoms with Crippen LogP contribution in [0.15, 0.2) is 24.5 Å². The van der Waals surface area contributed by atoms with E-state index in [9.17, 15) is 4.79 Å². The standard InChI is InChI=1S/C16H23N7OS/c1-20-15(3-2-14(17)24)19-23(16(20)25)12-21-8-10-22(11-9-21)13-4-6-18-7-5-13/h4-7H,2-3,8-12H2,1H3,(H2,17,24)/p+2. The Hall–Kier alpha value is -2.26. The minimum absolute atomic E-state index is 0.291. The zero-order chi connectivity index (χ0) is 17.8. The first-order valence-corrected chi connectivity index (χ1v) is 8.91. The summed E-state index contributed by atoms with van der Waals surface area (Å²) in [5, 5.41) is 4.58. The molecule has 2 aromatic heterocycles. The molecule has 0 saturated carbocycles. The van der Waals surface area contributed by atoms with Crippen LogP contribution in [0.4, 0.5) is 5.69 Å². The SMILES string of the molecule is Cn1c(CCC(N)=O)nn(C[NH+]2CCN(c3cc[nH+]cc3)CC2)c1=S. The van der Waals surface area contributed by atoms with Crippen LogP contribution in [0.5, 0.6) is 0 Å². The second-order valence-corrected chi connectivity index (χ2v) is 6.74. The summed E-state index contributed by atoms with van der Waals surface area (Å²) in [6.45, 7) is 4.84. The lowest BCUT2D eigenvalue weighted by Crippen LogP contribution is -3.14. The second-order valence-electron chi connectivity index (χ2n) is 6.38. The van der Waals surface area contributed by atoms with Crippen LogP contribution in [-0.4, -0.2) is 46.4 Å². The van der Waals surface area contributed by atoms with E-state index in [1.807, 2.05) is 28.7 Å². The Morgan fingerprint density at radius 3 is 2.68 bits per heavy atom. The minimum Gasteiger partial charge on any atom is -0.370 e. The number of aryl methyl sites for hydroxylation is 1. The van der Waals surface area contributed by atoms with Crippen LogP contribution >= 0.6 is 12.2 Å². The number of anilines is 1. The van der Waals surface area contributed by atoms with Crippen molar-refractivity contribution in [3.8, 4) is 0 Å². The number of pyridine rings is 1. The van der Waals surface area contributed by atoms with Gasteiger partial charge in [-0.25, -0.2) is 4.98 Å². The van der Waals surface area contributed by atoms with E-state index >= 15 is 0 Å². The maximum Gasteiger partial charge on any atom is 0.217 e. The van der Waals surface area contributed by atoms with Crippen molar-refractivity contribution in [2.45, 2.75) is 19.5 Å². The topological polar surface area (TPSA) is 87.7 Å². The number of hydrogen-bond donors (Lipinski definition) is 2. The highest BCUT2D eigenvalue weighted by Gasteiger charge is 2.22. The molecule has 1 amide bonds. The van der Waals surface area contributed by atoms with E-state index in [1.54, 1.807) is 0 Å². The second kappa shape index (κ2) is 7.75. The number of amides is 1. The van der Waals surface area contributed by atoms with E-state index < -0.39 is 0 Å². The first kappa shape index (κ1) is 17.6. The molecule has 9 heteroatoms. The molecule has 3 heterocycles. The lowest BCUT2D eigenvalue weighted by atomic mass is 10.3. The molecule has 0 spiro atoms. The predicted octanol–water partition coefficient (Wildman–Crippen LogP) is -1.45. The van der Waals surface area contributed by atoms with Gasteiger partial charge in [-0.2, -0.15) is 9.78 Å². The Labute approximate surface area is 151 Å². The maximum absolute atomic E-state index is 11.0. The van der Waals surface area contributed by atoms with Crippen LogP contribution < -0.4 is 20.5 Å². The van der Waals surface area contributed by atoms with Gasteiger partial charge in [-0.05, 0) is 12.2 Å². The lowest BCUT2D eigenvalue weighted by molar-refractivity contribution is -0.924. The molecule has 0 unspecified atom stereocenters. The van der Waals surface area contributed by atoms with Gasteiger partial charge in [-0.15, -0.1) is 0 Å². The Kier molecular flexibility index (Phi) is 5.44. The molecule has 0 aliphatic carbocycles. The highest BCUT2D eigenvalue weighted by molar-refractivity contribution is 7.71. The molecule has 25 heavy (non-hydrogen) atoms. The largest absolute Gasteiger partial charge is 0.370 e. The molecule has 134 valence electrons. The Bertz CT molecular complexity index is 778. The monoisotopic (exact) mass is 363 g/mol. The zero-order valence-electron chi connectivity index (χ0n) is 14.4. The number of aromatic amines is 1. The highest BCUT2D eigenvalue weighted by atomic mass is 32.1. The van der Waals surface area contributed by atoms with Gasteiger partial charge in [0, 0.05) is 37.7 Å². The molecule has 1 aliphatic heterocycles. The van der Waals surface area contributed by atoms with Gasteiger partial charge < -0.3 is 20.1 Å². The molecular weight excluding hydrogens is 338 g/mol. The molecule has 3 rings (SSSR count). The number of H-pyrrole nitrogens is 1. The predicted molar refractivity (Wildman–Crippen MR) is 95.5 cm³/mol.